The summed E-state index contributed by atoms with van der Waals surface area (Å²) in [6.07, 6.45) is 5.53. The van der Waals surface area contributed by atoms with Crippen LogP contribution in [0.2, 0.25) is 0 Å². The van der Waals surface area contributed by atoms with Crippen LogP contribution in [-0.4, -0.2) is 15.6 Å². The van der Waals surface area contributed by atoms with Crippen molar-refractivity contribution in [2.24, 2.45) is 0 Å². The van der Waals surface area contributed by atoms with Gasteiger partial charge in [-0.25, -0.2) is 4.79 Å². The second kappa shape index (κ2) is 5.54. The fourth-order valence-electron chi connectivity index (χ4n) is 2.09. The zero-order valence-corrected chi connectivity index (χ0v) is 9.94. The van der Waals surface area contributed by atoms with Gasteiger partial charge in [-0.2, -0.15) is 0 Å². The van der Waals surface area contributed by atoms with Crippen molar-refractivity contribution in [3.63, 3.8) is 0 Å². The van der Waals surface area contributed by atoms with E-state index in [4.69, 9.17) is 5.11 Å². The maximum absolute atomic E-state index is 11.1. The van der Waals surface area contributed by atoms with E-state index in [-0.39, 0.29) is 0 Å². The lowest BCUT2D eigenvalue weighted by Crippen LogP contribution is -2.10. The maximum Gasteiger partial charge on any atom is 0.337 e. The number of carboxylic acids is 1. The Balaban J connectivity index is 3.21. The number of rotatable bonds is 6. The van der Waals surface area contributed by atoms with E-state index in [2.05, 4.69) is 20.4 Å². The molecule has 0 bridgehead atoms. The van der Waals surface area contributed by atoms with E-state index in [1.165, 1.54) is 0 Å². The minimum atomic E-state index is -0.843. The van der Waals surface area contributed by atoms with Crippen LogP contribution in [0.4, 0.5) is 0 Å². The molecule has 1 N–H and O–H groups in total. The Bertz CT molecular complexity index is 375. The van der Waals surface area contributed by atoms with Gasteiger partial charge in [-0.3, -0.25) is 0 Å². The Morgan fingerprint density at radius 1 is 1.56 bits per heavy atom. The quantitative estimate of drug-likeness (QED) is 0.749. The molecule has 0 fully saturated rings. The molecule has 0 saturated carbocycles. The summed E-state index contributed by atoms with van der Waals surface area (Å²) in [5.74, 6) is -0.536. The van der Waals surface area contributed by atoms with Gasteiger partial charge in [-0.15, -0.1) is 6.58 Å². The van der Waals surface area contributed by atoms with E-state index in [0.717, 1.165) is 18.5 Å². The Morgan fingerprint density at radius 2 is 2.19 bits per heavy atom. The van der Waals surface area contributed by atoms with Gasteiger partial charge in [0.1, 0.15) is 0 Å². The van der Waals surface area contributed by atoms with Crippen LogP contribution in [0.15, 0.2) is 24.9 Å². The number of hydrogen-bond donors (Lipinski definition) is 1. The minimum absolute atomic E-state index is 0.307. The average molecular weight is 221 g/mol. The number of hydrogen-bond acceptors (Lipinski definition) is 1. The molecule has 1 aromatic rings. The molecule has 0 aromatic carbocycles. The topological polar surface area (TPSA) is 42.2 Å². The molecule has 16 heavy (non-hydrogen) atoms. The summed E-state index contributed by atoms with van der Waals surface area (Å²) in [7, 11) is 0. The van der Waals surface area contributed by atoms with Crippen LogP contribution in [0.3, 0.4) is 0 Å². The highest BCUT2D eigenvalue weighted by atomic mass is 16.4. The van der Waals surface area contributed by atoms with Crippen molar-refractivity contribution in [1.82, 2.24) is 4.57 Å². The van der Waals surface area contributed by atoms with Crippen molar-refractivity contribution in [1.29, 1.82) is 0 Å². The third-order valence-electron chi connectivity index (χ3n) is 2.94. The molecule has 0 saturated heterocycles. The van der Waals surface area contributed by atoms with Gasteiger partial charge in [0.25, 0.3) is 0 Å². The van der Waals surface area contributed by atoms with Gasteiger partial charge in [0.05, 0.1) is 5.56 Å². The fraction of sp³-hybridized carbons (Fsp3) is 0.462. The summed E-state index contributed by atoms with van der Waals surface area (Å²) in [6.45, 7) is 8.54. The van der Waals surface area contributed by atoms with E-state index < -0.39 is 5.97 Å². The first-order valence-electron chi connectivity index (χ1n) is 5.68. The number of allylic oxidation sites excluding steroid dienone is 1. The smallest absolute Gasteiger partial charge is 0.337 e. The summed E-state index contributed by atoms with van der Waals surface area (Å²) in [5.41, 5.74) is 1.35. The van der Waals surface area contributed by atoms with E-state index >= 15 is 0 Å². The fourth-order valence-corrected chi connectivity index (χ4v) is 2.09. The zero-order chi connectivity index (χ0) is 12.1. The first-order chi connectivity index (χ1) is 7.65. The van der Waals surface area contributed by atoms with Crippen molar-refractivity contribution >= 4 is 5.97 Å². The van der Waals surface area contributed by atoms with E-state index in [1.54, 1.807) is 12.1 Å². The SMILES string of the molecule is C=CCn1ccc(C(=O)O)c1C(CC)CC. The lowest BCUT2D eigenvalue weighted by molar-refractivity contribution is 0.0695. The third-order valence-corrected chi connectivity index (χ3v) is 2.94. The van der Waals surface area contributed by atoms with Crippen molar-refractivity contribution < 1.29 is 9.90 Å². The van der Waals surface area contributed by atoms with Gasteiger partial charge in [-0.05, 0) is 24.8 Å². The summed E-state index contributed by atoms with van der Waals surface area (Å²) in [6, 6.07) is 1.68. The summed E-state index contributed by atoms with van der Waals surface area (Å²) >= 11 is 0. The Labute approximate surface area is 96.4 Å². The van der Waals surface area contributed by atoms with Gasteiger partial charge >= 0.3 is 5.97 Å². The highest BCUT2D eigenvalue weighted by molar-refractivity contribution is 5.89. The zero-order valence-electron chi connectivity index (χ0n) is 9.94. The number of aromatic nitrogens is 1. The first kappa shape index (κ1) is 12.6. The lowest BCUT2D eigenvalue weighted by atomic mass is 9.96. The second-order valence-electron chi connectivity index (χ2n) is 3.87. The molecule has 0 aliphatic carbocycles. The molecule has 1 heterocycles. The van der Waals surface area contributed by atoms with Gasteiger partial charge < -0.3 is 9.67 Å². The molecular formula is C13H19NO2. The normalized spacial score (nSPS) is 10.7. The summed E-state index contributed by atoms with van der Waals surface area (Å²) < 4.78 is 1.98. The van der Waals surface area contributed by atoms with Gasteiger partial charge in [0.2, 0.25) is 0 Å². The van der Waals surface area contributed by atoms with Crippen LogP contribution < -0.4 is 0 Å². The molecule has 1 rings (SSSR count). The largest absolute Gasteiger partial charge is 0.478 e. The average Bonchev–Trinajstić information content (AvgIpc) is 2.65. The maximum atomic E-state index is 11.1. The van der Waals surface area contributed by atoms with E-state index in [9.17, 15) is 4.79 Å². The van der Waals surface area contributed by atoms with Crippen LogP contribution in [0, 0.1) is 0 Å². The van der Waals surface area contributed by atoms with E-state index in [1.807, 2.05) is 10.8 Å². The molecule has 0 amide bonds. The summed E-state index contributed by atoms with van der Waals surface area (Å²) in [5, 5.41) is 9.15. The number of nitrogens with zero attached hydrogens (tertiary/aromatic N) is 1. The Kier molecular flexibility index (Phi) is 4.35. The van der Waals surface area contributed by atoms with Crippen LogP contribution in [0.5, 0.6) is 0 Å². The number of carboxylic acid groups (broad SMARTS) is 1. The third kappa shape index (κ3) is 2.35. The van der Waals surface area contributed by atoms with Gasteiger partial charge in [-0.1, -0.05) is 19.9 Å². The van der Waals surface area contributed by atoms with Gasteiger partial charge in [0.15, 0.2) is 0 Å². The van der Waals surface area contributed by atoms with E-state index in [0.29, 0.717) is 18.0 Å². The van der Waals surface area contributed by atoms with Crippen molar-refractivity contribution in [3.8, 4) is 0 Å². The number of aromatic carboxylic acids is 1. The first-order valence-corrected chi connectivity index (χ1v) is 5.68. The number of carbonyl (C=O) groups is 1. The van der Waals surface area contributed by atoms with Crippen LogP contribution in [-0.2, 0) is 6.54 Å². The van der Waals surface area contributed by atoms with Crippen LogP contribution >= 0.6 is 0 Å². The molecule has 0 radical (unpaired) electrons. The molecule has 0 aliphatic heterocycles. The molecular weight excluding hydrogens is 202 g/mol. The Morgan fingerprint density at radius 3 is 2.62 bits per heavy atom. The minimum Gasteiger partial charge on any atom is -0.478 e. The Hall–Kier alpha value is -1.51. The van der Waals surface area contributed by atoms with Crippen LogP contribution in [0.1, 0.15) is 48.7 Å². The van der Waals surface area contributed by atoms with Crippen molar-refractivity contribution in [3.05, 3.63) is 36.2 Å². The van der Waals surface area contributed by atoms with Gasteiger partial charge in [0, 0.05) is 18.4 Å². The molecule has 88 valence electrons. The predicted octanol–water partition coefficient (Wildman–Crippen LogP) is 3.28. The van der Waals surface area contributed by atoms with Crippen molar-refractivity contribution in [2.75, 3.05) is 0 Å². The molecule has 0 atom stereocenters. The molecule has 3 nitrogen and oxygen atoms in total. The van der Waals surface area contributed by atoms with Crippen molar-refractivity contribution in [2.45, 2.75) is 39.2 Å². The predicted molar refractivity (Wildman–Crippen MR) is 64.9 cm³/mol. The standard InChI is InChI=1S/C13H19NO2/c1-4-8-14-9-7-11(13(15)16)12(14)10(5-2)6-3/h4,7,9-10H,1,5-6,8H2,2-3H3,(H,15,16). The molecule has 0 spiro atoms. The lowest BCUT2D eigenvalue weighted by Gasteiger charge is -2.17. The molecule has 3 heteroatoms. The monoisotopic (exact) mass is 221 g/mol. The summed E-state index contributed by atoms with van der Waals surface area (Å²) in [4.78, 5) is 11.1. The molecule has 1 aromatic heterocycles. The molecule has 0 unspecified atom stereocenters. The highest BCUT2D eigenvalue weighted by Crippen LogP contribution is 2.27. The van der Waals surface area contributed by atoms with Crippen LogP contribution in [0.25, 0.3) is 0 Å². The second-order valence-corrected chi connectivity index (χ2v) is 3.87. The highest BCUT2D eigenvalue weighted by Gasteiger charge is 2.20. The molecule has 0 aliphatic rings.